The maximum atomic E-state index is 12.2. The molecule has 1 amide bonds. The molecule has 2 aromatic rings. The molecule has 0 radical (unpaired) electrons. The fourth-order valence-electron chi connectivity index (χ4n) is 2.68. The second kappa shape index (κ2) is 9.97. The summed E-state index contributed by atoms with van der Waals surface area (Å²) in [6.45, 7) is 2.66. The van der Waals surface area contributed by atoms with Crippen molar-refractivity contribution in [3.8, 4) is 5.75 Å². The molecule has 0 aromatic heterocycles. The molecule has 0 aliphatic carbocycles. The van der Waals surface area contributed by atoms with Crippen LogP contribution in [-0.4, -0.2) is 40.3 Å². The van der Waals surface area contributed by atoms with Crippen molar-refractivity contribution in [2.24, 2.45) is 0 Å². The summed E-state index contributed by atoms with van der Waals surface area (Å²) in [5.41, 5.74) is 1.61. The number of anilines is 1. The average molecular weight is 391 g/mol. The average Bonchev–Trinajstić information content (AvgIpc) is 2.65. The maximum absolute atomic E-state index is 12.2. The molecule has 7 heteroatoms. The van der Waals surface area contributed by atoms with Gasteiger partial charge in [0.1, 0.15) is 5.75 Å². The first-order valence-electron chi connectivity index (χ1n) is 8.92. The molecule has 6 nitrogen and oxygen atoms in total. The lowest BCUT2D eigenvalue weighted by Gasteiger charge is -2.24. The topological polar surface area (TPSA) is 75.7 Å². The van der Waals surface area contributed by atoms with E-state index in [-0.39, 0.29) is 32.0 Å². The molecule has 0 saturated heterocycles. The molecular formula is C20H26N2O4S. The Labute approximate surface area is 161 Å². The van der Waals surface area contributed by atoms with Crippen molar-refractivity contribution in [3.05, 3.63) is 60.2 Å². The van der Waals surface area contributed by atoms with Gasteiger partial charge in [-0.1, -0.05) is 43.3 Å². The zero-order valence-electron chi connectivity index (χ0n) is 15.7. The number of hydrogen-bond donors (Lipinski definition) is 1. The van der Waals surface area contributed by atoms with Crippen LogP contribution in [0.3, 0.4) is 0 Å². The zero-order valence-corrected chi connectivity index (χ0v) is 16.5. The molecule has 0 fully saturated rings. The summed E-state index contributed by atoms with van der Waals surface area (Å²) in [5.74, 6) is 0.535. The van der Waals surface area contributed by atoms with Gasteiger partial charge >= 0.3 is 0 Å². The van der Waals surface area contributed by atoms with Crippen molar-refractivity contribution in [2.75, 3.05) is 30.3 Å². The molecule has 1 N–H and O–H groups in total. The van der Waals surface area contributed by atoms with Crippen molar-refractivity contribution in [1.82, 2.24) is 5.32 Å². The Morgan fingerprint density at radius 1 is 1.07 bits per heavy atom. The fraction of sp³-hybridized carbons (Fsp3) is 0.350. The first kappa shape index (κ1) is 20.8. The second-order valence-corrected chi connectivity index (χ2v) is 7.99. The van der Waals surface area contributed by atoms with E-state index < -0.39 is 10.0 Å². The van der Waals surface area contributed by atoms with Crippen LogP contribution >= 0.6 is 0 Å². The van der Waals surface area contributed by atoms with Gasteiger partial charge in [-0.3, -0.25) is 9.10 Å². The van der Waals surface area contributed by atoms with Crippen molar-refractivity contribution in [3.63, 3.8) is 0 Å². The summed E-state index contributed by atoms with van der Waals surface area (Å²) in [4.78, 5) is 12.0. The van der Waals surface area contributed by atoms with Crippen molar-refractivity contribution in [2.45, 2.75) is 19.8 Å². The smallest absolute Gasteiger partial charge is 0.232 e. The molecule has 0 aliphatic rings. The predicted molar refractivity (Wildman–Crippen MR) is 108 cm³/mol. The second-order valence-electron chi connectivity index (χ2n) is 6.08. The number of carbonyl (C=O) groups is 1. The number of hydrogen-bond acceptors (Lipinski definition) is 4. The van der Waals surface area contributed by atoms with Gasteiger partial charge in [0.05, 0.1) is 31.5 Å². The minimum atomic E-state index is -3.44. The summed E-state index contributed by atoms with van der Waals surface area (Å²) in [6, 6.07) is 16.7. The highest BCUT2D eigenvalue weighted by Gasteiger charge is 2.19. The summed E-state index contributed by atoms with van der Waals surface area (Å²) >= 11 is 0. The van der Waals surface area contributed by atoms with E-state index in [2.05, 4.69) is 5.32 Å². The van der Waals surface area contributed by atoms with Gasteiger partial charge in [-0.25, -0.2) is 8.42 Å². The Morgan fingerprint density at radius 2 is 1.74 bits per heavy atom. The SMILES string of the molecule is CCc1ccccc1N(CCNC(=O)CCOc1ccccc1)S(C)(=O)=O. The summed E-state index contributed by atoms with van der Waals surface area (Å²) in [7, 11) is -3.44. The van der Waals surface area contributed by atoms with Crippen LogP contribution < -0.4 is 14.4 Å². The highest BCUT2D eigenvalue weighted by molar-refractivity contribution is 7.92. The largest absolute Gasteiger partial charge is 0.493 e. The Morgan fingerprint density at radius 3 is 2.41 bits per heavy atom. The number of benzene rings is 2. The van der Waals surface area contributed by atoms with E-state index in [1.165, 1.54) is 10.6 Å². The fourth-order valence-corrected chi connectivity index (χ4v) is 3.64. The standard InChI is InChI=1S/C20H26N2O4S/c1-3-17-9-7-8-12-19(17)22(27(2,24)25)15-14-21-20(23)13-16-26-18-10-5-4-6-11-18/h4-12H,3,13-16H2,1-2H3,(H,21,23). The molecule has 146 valence electrons. The monoisotopic (exact) mass is 390 g/mol. The van der Waals surface area contributed by atoms with Gasteiger partial charge in [-0.15, -0.1) is 0 Å². The number of nitrogens with one attached hydrogen (secondary N) is 1. The molecule has 0 bridgehead atoms. The van der Waals surface area contributed by atoms with Crippen LogP contribution in [0.1, 0.15) is 18.9 Å². The number of rotatable bonds is 10. The highest BCUT2D eigenvalue weighted by Crippen LogP contribution is 2.22. The van der Waals surface area contributed by atoms with Crippen LogP contribution in [0, 0.1) is 0 Å². The van der Waals surface area contributed by atoms with Crippen LogP contribution in [0.15, 0.2) is 54.6 Å². The molecule has 0 aliphatic heterocycles. The van der Waals surface area contributed by atoms with E-state index in [4.69, 9.17) is 4.74 Å². The number of sulfonamides is 1. The Balaban J connectivity index is 1.86. The maximum Gasteiger partial charge on any atom is 0.232 e. The van der Waals surface area contributed by atoms with E-state index >= 15 is 0 Å². The van der Waals surface area contributed by atoms with Gasteiger partial charge in [-0.05, 0) is 30.2 Å². The Bertz CT molecular complexity index is 838. The van der Waals surface area contributed by atoms with Crippen molar-refractivity contribution >= 4 is 21.6 Å². The molecular weight excluding hydrogens is 364 g/mol. The van der Waals surface area contributed by atoms with Crippen LogP contribution in [-0.2, 0) is 21.2 Å². The number of ether oxygens (including phenoxy) is 1. The lowest BCUT2D eigenvalue weighted by atomic mass is 10.1. The molecule has 0 spiro atoms. The normalized spacial score (nSPS) is 11.0. The van der Waals surface area contributed by atoms with Crippen molar-refractivity contribution in [1.29, 1.82) is 0 Å². The third kappa shape index (κ3) is 6.60. The third-order valence-electron chi connectivity index (χ3n) is 4.02. The van der Waals surface area contributed by atoms with E-state index in [0.29, 0.717) is 11.4 Å². The van der Waals surface area contributed by atoms with Crippen molar-refractivity contribution < 1.29 is 17.9 Å². The summed E-state index contributed by atoms with van der Waals surface area (Å²) in [6.07, 6.45) is 2.11. The minimum Gasteiger partial charge on any atom is -0.493 e. The quantitative estimate of drug-likeness (QED) is 0.677. The van der Waals surface area contributed by atoms with Gasteiger partial charge in [-0.2, -0.15) is 0 Å². The molecule has 0 unspecified atom stereocenters. The first-order chi connectivity index (χ1) is 12.9. The van der Waals surface area contributed by atoms with Crippen LogP contribution in [0.4, 0.5) is 5.69 Å². The van der Waals surface area contributed by atoms with Crippen LogP contribution in [0.25, 0.3) is 0 Å². The molecule has 27 heavy (non-hydrogen) atoms. The number of aryl methyl sites for hydroxylation is 1. The van der Waals surface area contributed by atoms with Gasteiger partial charge < -0.3 is 10.1 Å². The summed E-state index contributed by atoms with van der Waals surface area (Å²) in [5, 5.41) is 2.75. The Kier molecular flexibility index (Phi) is 7.67. The number of carbonyl (C=O) groups excluding carboxylic acids is 1. The number of nitrogens with zero attached hydrogens (tertiary/aromatic N) is 1. The molecule has 2 aromatic carbocycles. The van der Waals surface area contributed by atoms with Gasteiger partial charge in [0.2, 0.25) is 15.9 Å². The molecule has 0 heterocycles. The Hall–Kier alpha value is -2.54. The van der Waals surface area contributed by atoms with E-state index in [9.17, 15) is 13.2 Å². The minimum absolute atomic E-state index is 0.178. The van der Waals surface area contributed by atoms with Gasteiger partial charge in [0.15, 0.2) is 0 Å². The summed E-state index contributed by atoms with van der Waals surface area (Å²) < 4.78 is 31.2. The van der Waals surface area contributed by atoms with E-state index in [1.807, 2.05) is 55.5 Å². The zero-order chi connectivity index (χ0) is 19.7. The van der Waals surface area contributed by atoms with Crippen LogP contribution in [0.2, 0.25) is 0 Å². The van der Waals surface area contributed by atoms with Gasteiger partial charge in [0.25, 0.3) is 0 Å². The first-order valence-corrected chi connectivity index (χ1v) is 10.8. The predicted octanol–water partition coefficient (Wildman–Crippen LogP) is 2.60. The lowest BCUT2D eigenvalue weighted by Crippen LogP contribution is -2.38. The molecule has 0 atom stereocenters. The molecule has 0 saturated carbocycles. The molecule has 2 rings (SSSR count). The third-order valence-corrected chi connectivity index (χ3v) is 5.20. The van der Waals surface area contributed by atoms with E-state index in [1.54, 1.807) is 6.07 Å². The lowest BCUT2D eigenvalue weighted by molar-refractivity contribution is -0.121. The van der Waals surface area contributed by atoms with Crippen LogP contribution in [0.5, 0.6) is 5.75 Å². The van der Waals surface area contributed by atoms with E-state index in [0.717, 1.165) is 12.0 Å². The highest BCUT2D eigenvalue weighted by atomic mass is 32.2. The number of amides is 1. The van der Waals surface area contributed by atoms with Gasteiger partial charge in [0, 0.05) is 6.54 Å². The number of para-hydroxylation sites is 2.